The van der Waals surface area contributed by atoms with Crippen LogP contribution in [0.2, 0.25) is 0 Å². The molecule has 2 heteroatoms. The summed E-state index contributed by atoms with van der Waals surface area (Å²) in [5.74, 6) is 0.504. The standard InChI is InChI=1S/C19H23NO/c1-14-11-12-19(20)18(13-14)17(10-6-7-15(2)21)16-8-4-3-5-9-16/h3-5,8-9,11-13,17,21H,2,6-7,10,20H2,1H3. The van der Waals surface area contributed by atoms with Crippen LogP contribution in [0.5, 0.6) is 0 Å². The molecule has 110 valence electrons. The minimum Gasteiger partial charge on any atom is -0.513 e. The van der Waals surface area contributed by atoms with E-state index in [0.717, 1.165) is 18.5 Å². The Morgan fingerprint density at radius 3 is 2.57 bits per heavy atom. The van der Waals surface area contributed by atoms with Gasteiger partial charge in [-0.05, 0) is 37.0 Å². The zero-order valence-electron chi connectivity index (χ0n) is 12.5. The van der Waals surface area contributed by atoms with Crippen LogP contribution in [0.4, 0.5) is 5.69 Å². The summed E-state index contributed by atoms with van der Waals surface area (Å²) in [5, 5.41) is 9.29. The van der Waals surface area contributed by atoms with E-state index in [1.54, 1.807) is 0 Å². The Kier molecular flexibility index (Phi) is 5.04. The molecule has 0 amide bonds. The van der Waals surface area contributed by atoms with Crippen LogP contribution in [-0.2, 0) is 0 Å². The van der Waals surface area contributed by atoms with E-state index in [4.69, 9.17) is 5.73 Å². The molecule has 1 unspecified atom stereocenters. The first kappa shape index (κ1) is 15.2. The molecule has 0 saturated heterocycles. The third-order valence-electron chi connectivity index (χ3n) is 3.78. The molecule has 21 heavy (non-hydrogen) atoms. The second-order valence-electron chi connectivity index (χ2n) is 5.55. The average molecular weight is 281 g/mol. The quantitative estimate of drug-likeness (QED) is 0.581. The van der Waals surface area contributed by atoms with Crippen molar-refractivity contribution in [2.24, 2.45) is 0 Å². The lowest BCUT2D eigenvalue weighted by molar-refractivity contribution is 0.383. The number of aliphatic hydroxyl groups is 1. The highest BCUT2D eigenvalue weighted by Gasteiger charge is 2.16. The molecule has 0 fully saturated rings. The van der Waals surface area contributed by atoms with Crippen molar-refractivity contribution in [3.63, 3.8) is 0 Å². The number of anilines is 1. The maximum atomic E-state index is 9.29. The minimum atomic E-state index is 0.249. The molecule has 1 atom stereocenters. The highest BCUT2D eigenvalue weighted by Crippen LogP contribution is 2.34. The van der Waals surface area contributed by atoms with Gasteiger partial charge in [0.15, 0.2) is 0 Å². The fraction of sp³-hybridized carbons (Fsp3) is 0.263. The Morgan fingerprint density at radius 1 is 1.19 bits per heavy atom. The van der Waals surface area contributed by atoms with Crippen molar-refractivity contribution in [2.45, 2.75) is 32.1 Å². The monoisotopic (exact) mass is 281 g/mol. The molecule has 0 radical (unpaired) electrons. The molecule has 0 spiro atoms. The molecule has 2 rings (SSSR count). The summed E-state index contributed by atoms with van der Waals surface area (Å²) in [5.41, 5.74) is 10.7. The molecule has 0 aliphatic carbocycles. The Balaban J connectivity index is 2.31. The normalized spacial score (nSPS) is 12.0. The number of hydrogen-bond acceptors (Lipinski definition) is 2. The number of aryl methyl sites for hydroxylation is 1. The van der Waals surface area contributed by atoms with E-state index in [1.165, 1.54) is 16.7 Å². The van der Waals surface area contributed by atoms with Crippen molar-refractivity contribution in [1.82, 2.24) is 0 Å². The summed E-state index contributed by atoms with van der Waals surface area (Å²) in [7, 11) is 0. The zero-order valence-corrected chi connectivity index (χ0v) is 12.5. The third-order valence-corrected chi connectivity index (χ3v) is 3.78. The second kappa shape index (κ2) is 6.98. The molecule has 3 N–H and O–H groups in total. The molecular weight excluding hydrogens is 258 g/mol. The summed E-state index contributed by atoms with van der Waals surface area (Å²) in [6.45, 7) is 5.64. The van der Waals surface area contributed by atoms with E-state index in [1.807, 2.05) is 18.2 Å². The predicted octanol–water partition coefficient (Wildman–Crippen LogP) is 4.95. The topological polar surface area (TPSA) is 46.2 Å². The van der Waals surface area contributed by atoms with Crippen molar-refractivity contribution >= 4 is 5.69 Å². The largest absolute Gasteiger partial charge is 0.513 e. The first-order valence-corrected chi connectivity index (χ1v) is 7.35. The van der Waals surface area contributed by atoms with Gasteiger partial charge in [0.2, 0.25) is 0 Å². The first-order chi connectivity index (χ1) is 10.1. The highest BCUT2D eigenvalue weighted by atomic mass is 16.3. The Morgan fingerprint density at radius 2 is 1.90 bits per heavy atom. The number of nitrogen functional groups attached to an aromatic ring is 1. The predicted molar refractivity (Wildman–Crippen MR) is 89.5 cm³/mol. The van der Waals surface area contributed by atoms with Gasteiger partial charge in [0.05, 0.1) is 5.76 Å². The second-order valence-corrected chi connectivity index (χ2v) is 5.55. The summed E-state index contributed by atoms with van der Waals surface area (Å²) < 4.78 is 0. The number of aliphatic hydroxyl groups excluding tert-OH is 1. The van der Waals surface area contributed by atoms with E-state index in [0.29, 0.717) is 6.42 Å². The van der Waals surface area contributed by atoms with Crippen LogP contribution in [-0.4, -0.2) is 5.11 Å². The minimum absolute atomic E-state index is 0.249. The van der Waals surface area contributed by atoms with Crippen LogP contribution in [0.3, 0.4) is 0 Å². The molecular formula is C19H23NO. The van der Waals surface area contributed by atoms with E-state index in [9.17, 15) is 5.11 Å². The molecule has 0 heterocycles. The van der Waals surface area contributed by atoms with E-state index >= 15 is 0 Å². The third kappa shape index (κ3) is 4.12. The van der Waals surface area contributed by atoms with Gasteiger partial charge in [-0.3, -0.25) is 0 Å². The first-order valence-electron chi connectivity index (χ1n) is 7.35. The number of rotatable bonds is 6. The van der Waals surface area contributed by atoms with Gasteiger partial charge < -0.3 is 10.8 Å². The van der Waals surface area contributed by atoms with Gasteiger partial charge in [0.1, 0.15) is 0 Å². The van der Waals surface area contributed by atoms with Crippen molar-refractivity contribution < 1.29 is 5.11 Å². The maximum absolute atomic E-state index is 9.29. The highest BCUT2D eigenvalue weighted by molar-refractivity contribution is 5.53. The van der Waals surface area contributed by atoms with E-state index < -0.39 is 0 Å². The van der Waals surface area contributed by atoms with Gasteiger partial charge in [-0.25, -0.2) is 0 Å². The SMILES string of the molecule is C=C(O)CCCC(c1ccccc1)c1cc(C)ccc1N. The Labute approximate surface area is 126 Å². The summed E-state index contributed by atoms with van der Waals surface area (Å²) in [4.78, 5) is 0. The van der Waals surface area contributed by atoms with Crippen LogP contribution in [0, 0.1) is 6.92 Å². The molecule has 0 aromatic heterocycles. The smallest absolute Gasteiger partial charge is 0.0851 e. The molecule has 2 aromatic rings. The van der Waals surface area contributed by atoms with Crippen LogP contribution < -0.4 is 5.73 Å². The fourth-order valence-corrected chi connectivity index (χ4v) is 2.69. The lowest BCUT2D eigenvalue weighted by atomic mass is 9.85. The van der Waals surface area contributed by atoms with Crippen molar-refractivity contribution in [2.75, 3.05) is 5.73 Å². The fourth-order valence-electron chi connectivity index (χ4n) is 2.69. The molecule has 0 aliphatic heterocycles. The van der Waals surface area contributed by atoms with Gasteiger partial charge in [0, 0.05) is 18.0 Å². The zero-order chi connectivity index (χ0) is 15.2. The van der Waals surface area contributed by atoms with Gasteiger partial charge in [0.25, 0.3) is 0 Å². The summed E-state index contributed by atoms with van der Waals surface area (Å²) in [6, 6.07) is 16.6. The van der Waals surface area contributed by atoms with Gasteiger partial charge in [-0.1, -0.05) is 54.6 Å². The molecule has 0 bridgehead atoms. The Hall–Kier alpha value is -2.22. The number of nitrogens with two attached hydrogens (primary N) is 1. The van der Waals surface area contributed by atoms with Gasteiger partial charge in [-0.15, -0.1) is 0 Å². The van der Waals surface area contributed by atoms with Crippen molar-refractivity contribution in [3.8, 4) is 0 Å². The lowest BCUT2D eigenvalue weighted by Crippen LogP contribution is -2.05. The number of benzene rings is 2. The average Bonchev–Trinajstić information content (AvgIpc) is 2.47. The Bertz CT molecular complexity index is 604. The molecule has 2 aromatic carbocycles. The van der Waals surface area contributed by atoms with Crippen LogP contribution in [0.25, 0.3) is 0 Å². The molecule has 0 aliphatic rings. The molecule has 2 nitrogen and oxygen atoms in total. The van der Waals surface area contributed by atoms with Crippen LogP contribution >= 0.6 is 0 Å². The van der Waals surface area contributed by atoms with Gasteiger partial charge >= 0.3 is 0 Å². The van der Waals surface area contributed by atoms with Crippen molar-refractivity contribution in [1.29, 1.82) is 0 Å². The lowest BCUT2D eigenvalue weighted by Gasteiger charge is -2.20. The van der Waals surface area contributed by atoms with E-state index in [2.05, 4.69) is 43.8 Å². The van der Waals surface area contributed by atoms with Crippen LogP contribution in [0.15, 0.2) is 60.9 Å². The van der Waals surface area contributed by atoms with Gasteiger partial charge in [-0.2, -0.15) is 0 Å². The summed E-state index contributed by atoms with van der Waals surface area (Å²) in [6.07, 6.45) is 2.47. The van der Waals surface area contributed by atoms with E-state index in [-0.39, 0.29) is 11.7 Å². The summed E-state index contributed by atoms with van der Waals surface area (Å²) >= 11 is 0. The van der Waals surface area contributed by atoms with Crippen LogP contribution in [0.1, 0.15) is 41.9 Å². The molecule has 0 saturated carbocycles. The number of hydrogen-bond donors (Lipinski definition) is 2. The number of allylic oxidation sites excluding steroid dienone is 1. The maximum Gasteiger partial charge on any atom is 0.0851 e. The van der Waals surface area contributed by atoms with Crippen molar-refractivity contribution in [3.05, 3.63) is 77.6 Å².